The Bertz CT molecular complexity index is 1120. The molecule has 0 radical (unpaired) electrons. The summed E-state index contributed by atoms with van der Waals surface area (Å²) in [6.07, 6.45) is 1.86. The Morgan fingerprint density at radius 2 is 1.87 bits per heavy atom. The number of hydrogen-bond donors (Lipinski definition) is 2. The van der Waals surface area contributed by atoms with Crippen LogP contribution in [-0.2, 0) is 6.42 Å². The SMILES string of the molecule is [C-]#[N+]c1ccc(Nc2nc(NC)c3c(n2)[C@H](c2ccccc2OC)CC3)cc1OC. The van der Waals surface area contributed by atoms with E-state index in [1.165, 1.54) is 0 Å². The second-order valence-corrected chi connectivity index (χ2v) is 6.97. The van der Waals surface area contributed by atoms with Gasteiger partial charge in [-0.15, -0.1) is 0 Å². The van der Waals surface area contributed by atoms with Gasteiger partial charge in [-0.25, -0.2) is 9.83 Å². The Hall–Kier alpha value is -3.79. The van der Waals surface area contributed by atoms with Crippen molar-refractivity contribution in [2.75, 3.05) is 31.9 Å². The molecule has 4 rings (SSSR count). The molecule has 30 heavy (non-hydrogen) atoms. The van der Waals surface area contributed by atoms with E-state index in [0.717, 1.165) is 46.9 Å². The zero-order valence-electron chi connectivity index (χ0n) is 17.2. The fourth-order valence-corrected chi connectivity index (χ4v) is 3.96. The third-order valence-electron chi connectivity index (χ3n) is 5.36. The van der Waals surface area contributed by atoms with Gasteiger partial charge in [-0.05, 0) is 31.0 Å². The van der Waals surface area contributed by atoms with Gasteiger partial charge in [-0.2, -0.15) is 4.98 Å². The van der Waals surface area contributed by atoms with Crippen LogP contribution in [0, 0.1) is 6.57 Å². The summed E-state index contributed by atoms with van der Waals surface area (Å²) in [4.78, 5) is 13.0. The Morgan fingerprint density at radius 1 is 1.07 bits per heavy atom. The van der Waals surface area contributed by atoms with Crippen LogP contribution in [0.2, 0.25) is 0 Å². The molecule has 2 aromatic carbocycles. The molecule has 0 spiro atoms. The lowest BCUT2D eigenvalue weighted by molar-refractivity contribution is 0.407. The van der Waals surface area contributed by atoms with Gasteiger partial charge < -0.3 is 20.1 Å². The molecule has 0 saturated carbocycles. The van der Waals surface area contributed by atoms with Gasteiger partial charge in [-0.1, -0.05) is 24.3 Å². The van der Waals surface area contributed by atoms with Gasteiger partial charge >= 0.3 is 0 Å². The van der Waals surface area contributed by atoms with Crippen LogP contribution in [0.25, 0.3) is 4.85 Å². The van der Waals surface area contributed by atoms with Crippen LogP contribution in [0.1, 0.15) is 29.2 Å². The molecule has 1 aromatic heterocycles. The van der Waals surface area contributed by atoms with E-state index in [4.69, 9.17) is 21.0 Å². The van der Waals surface area contributed by atoms with E-state index >= 15 is 0 Å². The third-order valence-corrected chi connectivity index (χ3v) is 5.36. The standard InChI is InChI=1S/C23H23N5O2/c1-24-18-12-9-14(13-20(18)30-4)26-23-27-21-16(10-11-17(21)22(25-2)28-23)15-7-5-6-8-19(15)29-3/h5-9,12-13,16H,10-11H2,2-4H3,(H2,25,26,27,28)/t16-/m0/s1. The molecular formula is C23H23N5O2. The molecular weight excluding hydrogens is 378 g/mol. The van der Waals surface area contributed by atoms with Gasteiger partial charge in [0.15, 0.2) is 0 Å². The molecule has 7 heteroatoms. The molecule has 2 N–H and O–H groups in total. The van der Waals surface area contributed by atoms with Gasteiger partial charge in [0.05, 0.1) is 26.5 Å². The zero-order chi connectivity index (χ0) is 21.1. The normalized spacial score (nSPS) is 14.5. The van der Waals surface area contributed by atoms with Crippen LogP contribution in [0.3, 0.4) is 0 Å². The van der Waals surface area contributed by atoms with E-state index in [2.05, 4.69) is 26.5 Å². The first-order valence-electron chi connectivity index (χ1n) is 9.72. The number of ether oxygens (including phenoxy) is 2. The summed E-state index contributed by atoms with van der Waals surface area (Å²) in [5.41, 5.74) is 4.50. The van der Waals surface area contributed by atoms with Gasteiger partial charge in [-0.3, -0.25) is 0 Å². The molecule has 1 aliphatic rings. The summed E-state index contributed by atoms with van der Waals surface area (Å²) in [5.74, 6) is 2.85. The lowest BCUT2D eigenvalue weighted by Gasteiger charge is -2.17. The summed E-state index contributed by atoms with van der Waals surface area (Å²) in [6.45, 7) is 7.23. The lowest BCUT2D eigenvalue weighted by Crippen LogP contribution is -2.08. The fourth-order valence-electron chi connectivity index (χ4n) is 3.96. The van der Waals surface area contributed by atoms with E-state index in [0.29, 0.717) is 17.4 Å². The molecule has 0 bridgehead atoms. The summed E-state index contributed by atoms with van der Waals surface area (Å²) in [6, 6.07) is 13.4. The van der Waals surface area contributed by atoms with Crippen molar-refractivity contribution in [1.82, 2.24) is 9.97 Å². The van der Waals surface area contributed by atoms with E-state index in [1.54, 1.807) is 26.4 Å². The number of benzene rings is 2. The van der Waals surface area contributed by atoms with Crippen molar-refractivity contribution in [3.05, 3.63) is 70.7 Å². The number of para-hydroxylation sites is 1. The van der Waals surface area contributed by atoms with Crippen LogP contribution in [-0.4, -0.2) is 31.2 Å². The van der Waals surface area contributed by atoms with E-state index in [9.17, 15) is 0 Å². The molecule has 0 fully saturated rings. The first-order chi connectivity index (χ1) is 14.7. The predicted molar refractivity (Wildman–Crippen MR) is 117 cm³/mol. The molecule has 3 aromatic rings. The Balaban J connectivity index is 1.73. The second kappa shape index (κ2) is 8.29. The maximum atomic E-state index is 7.23. The first kappa shape index (κ1) is 19.5. The molecule has 1 aliphatic carbocycles. The highest BCUT2D eigenvalue weighted by molar-refractivity contribution is 5.68. The van der Waals surface area contributed by atoms with Crippen molar-refractivity contribution in [2.24, 2.45) is 0 Å². The quantitative estimate of drug-likeness (QED) is 0.572. The topological polar surface area (TPSA) is 72.7 Å². The average Bonchev–Trinajstić information content (AvgIpc) is 3.22. The molecule has 0 aliphatic heterocycles. The van der Waals surface area contributed by atoms with E-state index in [-0.39, 0.29) is 5.92 Å². The van der Waals surface area contributed by atoms with Gasteiger partial charge in [0.2, 0.25) is 11.6 Å². The van der Waals surface area contributed by atoms with Crippen molar-refractivity contribution in [1.29, 1.82) is 0 Å². The number of nitrogens with zero attached hydrogens (tertiary/aromatic N) is 3. The molecule has 0 amide bonds. The summed E-state index contributed by atoms with van der Waals surface area (Å²) < 4.78 is 10.9. The second-order valence-electron chi connectivity index (χ2n) is 6.97. The summed E-state index contributed by atoms with van der Waals surface area (Å²) in [7, 11) is 5.12. The molecule has 0 saturated heterocycles. The molecule has 152 valence electrons. The minimum atomic E-state index is 0.144. The minimum Gasteiger partial charge on any atom is -0.508 e. The average molecular weight is 401 g/mol. The highest BCUT2D eigenvalue weighted by Gasteiger charge is 2.31. The van der Waals surface area contributed by atoms with Crippen LogP contribution in [0.15, 0.2) is 42.5 Å². The van der Waals surface area contributed by atoms with Crippen LogP contribution in [0.4, 0.5) is 23.1 Å². The van der Waals surface area contributed by atoms with Crippen molar-refractivity contribution >= 4 is 23.1 Å². The number of nitrogens with one attached hydrogen (secondary N) is 2. The molecule has 0 unspecified atom stereocenters. The Labute approximate surface area is 175 Å². The number of fused-ring (bicyclic) bond motifs is 1. The van der Waals surface area contributed by atoms with E-state index < -0.39 is 0 Å². The van der Waals surface area contributed by atoms with Crippen molar-refractivity contribution in [3.63, 3.8) is 0 Å². The number of anilines is 3. The van der Waals surface area contributed by atoms with Gasteiger partial charge in [0.25, 0.3) is 0 Å². The first-order valence-corrected chi connectivity index (χ1v) is 9.72. The number of aromatic nitrogens is 2. The lowest BCUT2D eigenvalue weighted by atomic mass is 9.95. The number of rotatable bonds is 6. The van der Waals surface area contributed by atoms with Crippen LogP contribution >= 0.6 is 0 Å². The van der Waals surface area contributed by atoms with Gasteiger partial charge in [0, 0.05) is 29.8 Å². The van der Waals surface area contributed by atoms with Crippen LogP contribution in [0.5, 0.6) is 11.5 Å². The molecule has 1 atom stereocenters. The summed E-state index contributed by atoms with van der Waals surface area (Å²) in [5, 5.41) is 6.47. The predicted octanol–water partition coefficient (Wildman–Crippen LogP) is 4.91. The Morgan fingerprint density at radius 3 is 2.60 bits per heavy atom. The highest BCUT2D eigenvalue weighted by Crippen LogP contribution is 2.43. The fraction of sp³-hybridized carbons (Fsp3) is 0.261. The molecule has 7 nitrogen and oxygen atoms in total. The van der Waals surface area contributed by atoms with Crippen molar-refractivity contribution in [2.45, 2.75) is 18.8 Å². The summed E-state index contributed by atoms with van der Waals surface area (Å²) >= 11 is 0. The largest absolute Gasteiger partial charge is 0.508 e. The highest BCUT2D eigenvalue weighted by atomic mass is 16.5. The van der Waals surface area contributed by atoms with Crippen molar-refractivity contribution < 1.29 is 9.47 Å². The monoisotopic (exact) mass is 401 g/mol. The zero-order valence-corrected chi connectivity index (χ0v) is 17.2. The maximum absolute atomic E-state index is 7.23. The van der Waals surface area contributed by atoms with Gasteiger partial charge in [0.1, 0.15) is 17.3 Å². The maximum Gasteiger partial charge on any atom is 0.229 e. The Kier molecular flexibility index (Phi) is 5.40. The minimum absolute atomic E-state index is 0.144. The third kappa shape index (κ3) is 3.48. The van der Waals surface area contributed by atoms with Crippen molar-refractivity contribution in [3.8, 4) is 11.5 Å². The molecule has 1 heterocycles. The van der Waals surface area contributed by atoms with Crippen LogP contribution < -0.4 is 20.1 Å². The number of hydrogen-bond acceptors (Lipinski definition) is 6. The smallest absolute Gasteiger partial charge is 0.229 e. The van der Waals surface area contributed by atoms with E-state index in [1.807, 2.05) is 31.3 Å². The number of methoxy groups -OCH3 is 2.